The van der Waals surface area contributed by atoms with E-state index in [0.717, 1.165) is 44.3 Å². The van der Waals surface area contributed by atoms with E-state index in [1.807, 2.05) is 54.6 Å². The molecule has 29 heavy (non-hydrogen) atoms. The molecule has 3 aromatic carbocycles. The third kappa shape index (κ3) is 3.17. The number of rotatable bonds is 3. The third-order valence-electron chi connectivity index (χ3n) is 5.18. The minimum absolute atomic E-state index is 0.0617. The molecule has 0 radical (unpaired) electrons. The number of fused-ring (bicyclic) bond motifs is 3. The average Bonchev–Trinajstić information content (AvgIpc) is 2.79. The van der Waals surface area contributed by atoms with Crippen LogP contribution >= 0.6 is 0 Å². The molecule has 3 nitrogen and oxygen atoms in total. The lowest BCUT2D eigenvalue weighted by Crippen LogP contribution is -1.93. The van der Waals surface area contributed by atoms with E-state index < -0.39 is 0 Å². The van der Waals surface area contributed by atoms with Gasteiger partial charge in [0.2, 0.25) is 0 Å². The number of nitrogens with zero attached hydrogens (tertiary/aromatic N) is 2. The molecule has 0 amide bonds. The van der Waals surface area contributed by atoms with Gasteiger partial charge in [-0.05, 0) is 19.1 Å². The largest absolute Gasteiger partial charge is 0.295 e. The highest BCUT2D eigenvalue weighted by Crippen LogP contribution is 2.28. The lowest BCUT2D eigenvalue weighted by Gasteiger charge is -2.08. The van der Waals surface area contributed by atoms with Gasteiger partial charge < -0.3 is 0 Å². The SMILES string of the molecule is CC(=O)c1ccc(-c2ccc3ccc4ccc(-c5ccccc5)nc4c3n2)cc1. The predicted molar refractivity (Wildman–Crippen MR) is 118 cm³/mol. The number of benzene rings is 3. The van der Waals surface area contributed by atoms with Crippen molar-refractivity contribution in [2.75, 3.05) is 0 Å². The maximum absolute atomic E-state index is 11.5. The fourth-order valence-electron chi connectivity index (χ4n) is 3.57. The molecule has 5 rings (SSSR count). The number of hydrogen-bond donors (Lipinski definition) is 0. The minimum Gasteiger partial charge on any atom is -0.295 e. The first-order chi connectivity index (χ1) is 14.2. The first-order valence-corrected chi connectivity index (χ1v) is 9.56. The lowest BCUT2D eigenvalue weighted by atomic mass is 10.0. The van der Waals surface area contributed by atoms with E-state index in [1.54, 1.807) is 6.92 Å². The highest BCUT2D eigenvalue weighted by Gasteiger charge is 2.09. The van der Waals surface area contributed by atoms with Crippen molar-refractivity contribution in [2.45, 2.75) is 6.92 Å². The van der Waals surface area contributed by atoms with Gasteiger partial charge in [0.05, 0.1) is 22.4 Å². The van der Waals surface area contributed by atoms with Gasteiger partial charge in [0.1, 0.15) is 0 Å². The average molecular weight is 374 g/mol. The summed E-state index contributed by atoms with van der Waals surface area (Å²) in [5, 5.41) is 2.12. The number of Topliss-reactive ketones (excluding diaryl/α,β-unsaturated/α-hetero) is 1. The molecule has 0 saturated carbocycles. The van der Waals surface area contributed by atoms with Crippen molar-refractivity contribution in [1.82, 2.24) is 9.97 Å². The summed E-state index contributed by atoms with van der Waals surface area (Å²) in [6.07, 6.45) is 0. The smallest absolute Gasteiger partial charge is 0.159 e. The van der Waals surface area contributed by atoms with Crippen LogP contribution in [0.15, 0.2) is 91.0 Å². The van der Waals surface area contributed by atoms with Crippen LogP contribution < -0.4 is 0 Å². The van der Waals surface area contributed by atoms with E-state index in [0.29, 0.717) is 5.56 Å². The van der Waals surface area contributed by atoms with Gasteiger partial charge in [-0.15, -0.1) is 0 Å². The fourth-order valence-corrected chi connectivity index (χ4v) is 3.57. The van der Waals surface area contributed by atoms with E-state index in [2.05, 4.69) is 36.4 Å². The molecule has 3 heteroatoms. The molecular formula is C26H18N2O. The molecule has 0 bridgehead atoms. The van der Waals surface area contributed by atoms with E-state index in [-0.39, 0.29) is 5.78 Å². The van der Waals surface area contributed by atoms with Gasteiger partial charge in [-0.3, -0.25) is 4.79 Å². The van der Waals surface area contributed by atoms with Crippen molar-refractivity contribution in [3.05, 3.63) is 96.6 Å². The van der Waals surface area contributed by atoms with Crippen LogP contribution in [0, 0.1) is 0 Å². The Morgan fingerprint density at radius 1 is 0.586 bits per heavy atom. The van der Waals surface area contributed by atoms with Gasteiger partial charge in [-0.25, -0.2) is 9.97 Å². The molecule has 0 saturated heterocycles. The zero-order chi connectivity index (χ0) is 19.8. The van der Waals surface area contributed by atoms with Crippen LogP contribution in [0.4, 0.5) is 0 Å². The molecule has 2 heterocycles. The number of carbonyl (C=O) groups excluding carboxylic acids is 1. The minimum atomic E-state index is 0.0617. The Hall–Kier alpha value is -3.85. The summed E-state index contributed by atoms with van der Waals surface area (Å²) in [6, 6.07) is 30.2. The molecule has 0 spiro atoms. The Kier molecular flexibility index (Phi) is 4.14. The Labute approximate surface area is 168 Å². The zero-order valence-corrected chi connectivity index (χ0v) is 16.0. The summed E-state index contributed by atoms with van der Waals surface area (Å²) < 4.78 is 0. The van der Waals surface area contributed by atoms with Crippen molar-refractivity contribution < 1.29 is 4.79 Å². The second-order valence-electron chi connectivity index (χ2n) is 7.10. The van der Waals surface area contributed by atoms with Gasteiger partial charge in [-0.1, -0.05) is 78.9 Å². The van der Waals surface area contributed by atoms with Crippen LogP contribution in [0.25, 0.3) is 44.3 Å². The standard InChI is InChI=1S/C26H18N2O/c1-17(29)18-7-9-20(10-8-18)24-16-14-22-12-11-21-13-15-23(19-5-3-2-4-6-19)27-25(21)26(22)28-24/h2-16H,1H3. The molecular weight excluding hydrogens is 356 g/mol. The molecule has 0 N–H and O–H groups in total. The lowest BCUT2D eigenvalue weighted by molar-refractivity contribution is 0.101. The first-order valence-electron chi connectivity index (χ1n) is 9.56. The Bertz CT molecular complexity index is 1360. The van der Waals surface area contributed by atoms with Gasteiger partial charge in [-0.2, -0.15) is 0 Å². The second-order valence-corrected chi connectivity index (χ2v) is 7.10. The van der Waals surface area contributed by atoms with Gasteiger partial charge in [0.15, 0.2) is 5.78 Å². The van der Waals surface area contributed by atoms with E-state index in [4.69, 9.17) is 9.97 Å². The summed E-state index contributed by atoms with van der Waals surface area (Å²) in [5.74, 6) is 0.0617. The molecule has 0 fully saturated rings. The number of carbonyl (C=O) groups is 1. The molecule has 0 aliphatic rings. The topological polar surface area (TPSA) is 42.9 Å². The van der Waals surface area contributed by atoms with Crippen LogP contribution in [0.5, 0.6) is 0 Å². The molecule has 2 aromatic heterocycles. The van der Waals surface area contributed by atoms with E-state index in [1.165, 1.54) is 0 Å². The Morgan fingerprint density at radius 3 is 1.59 bits per heavy atom. The van der Waals surface area contributed by atoms with Crippen molar-refractivity contribution in [3.8, 4) is 22.5 Å². The summed E-state index contributed by atoms with van der Waals surface area (Å²) in [5.41, 5.74) is 6.35. The monoisotopic (exact) mass is 374 g/mol. The Balaban J connectivity index is 1.69. The molecule has 0 aliphatic heterocycles. The molecule has 138 valence electrons. The van der Waals surface area contributed by atoms with Crippen LogP contribution in [-0.2, 0) is 0 Å². The molecule has 0 atom stereocenters. The van der Waals surface area contributed by atoms with Crippen molar-refractivity contribution in [1.29, 1.82) is 0 Å². The van der Waals surface area contributed by atoms with Gasteiger partial charge in [0, 0.05) is 27.5 Å². The number of aromatic nitrogens is 2. The van der Waals surface area contributed by atoms with Crippen molar-refractivity contribution >= 4 is 27.6 Å². The molecule has 5 aromatic rings. The second kappa shape index (κ2) is 6.95. The van der Waals surface area contributed by atoms with Crippen LogP contribution in [0.1, 0.15) is 17.3 Å². The third-order valence-corrected chi connectivity index (χ3v) is 5.18. The Morgan fingerprint density at radius 2 is 1.07 bits per heavy atom. The highest BCUT2D eigenvalue weighted by atomic mass is 16.1. The summed E-state index contributed by atoms with van der Waals surface area (Å²) in [7, 11) is 0. The maximum Gasteiger partial charge on any atom is 0.159 e. The first kappa shape index (κ1) is 17.3. The quantitative estimate of drug-likeness (QED) is 0.274. The van der Waals surface area contributed by atoms with Crippen LogP contribution in [0.2, 0.25) is 0 Å². The molecule has 0 unspecified atom stereocenters. The molecule has 0 aliphatic carbocycles. The van der Waals surface area contributed by atoms with Crippen molar-refractivity contribution in [3.63, 3.8) is 0 Å². The number of pyridine rings is 2. The number of ketones is 1. The van der Waals surface area contributed by atoms with Crippen molar-refractivity contribution in [2.24, 2.45) is 0 Å². The highest BCUT2D eigenvalue weighted by molar-refractivity contribution is 6.04. The fraction of sp³-hybridized carbons (Fsp3) is 0.0385. The maximum atomic E-state index is 11.5. The summed E-state index contributed by atoms with van der Waals surface area (Å²) in [4.78, 5) is 21.4. The number of hydrogen-bond acceptors (Lipinski definition) is 3. The van der Waals surface area contributed by atoms with Gasteiger partial charge >= 0.3 is 0 Å². The summed E-state index contributed by atoms with van der Waals surface area (Å²) >= 11 is 0. The zero-order valence-electron chi connectivity index (χ0n) is 16.0. The van der Waals surface area contributed by atoms with Crippen LogP contribution in [0.3, 0.4) is 0 Å². The van der Waals surface area contributed by atoms with E-state index >= 15 is 0 Å². The van der Waals surface area contributed by atoms with Gasteiger partial charge in [0.25, 0.3) is 0 Å². The summed E-state index contributed by atoms with van der Waals surface area (Å²) in [6.45, 7) is 1.57. The predicted octanol–water partition coefficient (Wildman–Crippen LogP) is 6.32. The normalized spacial score (nSPS) is 11.1. The van der Waals surface area contributed by atoms with E-state index in [9.17, 15) is 4.79 Å². The van der Waals surface area contributed by atoms with Crippen LogP contribution in [-0.4, -0.2) is 15.8 Å².